The molecular formula is C10H18N2O3S. The molecule has 0 aliphatic carbocycles. The minimum absolute atomic E-state index is 0.00419. The average Bonchev–Trinajstić information content (AvgIpc) is 2.12. The summed E-state index contributed by atoms with van der Waals surface area (Å²) in [5.41, 5.74) is -1.15. The zero-order valence-electron chi connectivity index (χ0n) is 10.3. The molecule has 0 bridgehead atoms. The number of nitriles is 1. The van der Waals surface area contributed by atoms with E-state index >= 15 is 0 Å². The van der Waals surface area contributed by atoms with Crippen molar-refractivity contribution < 1.29 is 13.2 Å². The molecule has 0 unspecified atom stereocenters. The van der Waals surface area contributed by atoms with Crippen molar-refractivity contribution in [3.8, 4) is 6.07 Å². The van der Waals surface area contributed by atoms with Crippen LogP contribution in [0.2, 0.25) is 0 Å². The summed E-state index contributed by atoms with van der Waals surface area (Å²) in [5.74, 6) is -0.466. The van der Waals surface area contributed by atoms with Crippen molar-refractivity contribution in [2.75, 3.05) is 12.8 Å². The lowest BCUT2D eigenvalue weighted by Gasteiger charge is -2.24. The number of carbonyl (C=O) groups excluding carboxylic acids is 1. The topological polar surface area (TPSA) is 87.0 Å². The second-order valence-corrected chi connectivity index (χ2v) is 7.60. The van der Waals surface area contributed by atoms with Gasteiger partial charge in [-0.25, -0.2) is 8.42 Å². The zero-order valence-corrected chi connectivity index (χ0v) is 11.1. The molecule has 1 amide bonds. The first-order chi connectivity index (χ1) is 6.94. The molecule has 0 fully saturated rings. The van der Waals surface area contributed by atoms with E-state index in [2.05, 4.69) is 5.32 Å². The summed E-state index contributed by atoms with van der Waals surface area (Å²) in [7, 11) is -3.25. The summed E-state index contributed by atoms with van der Waals surface area (Å²) >= 11 is 0. The Hall–Kier alpha value is -1.09. The SMILES string of the molecule is CC(C)(C#N)C(=O)NCC(C)(C)S(C)(=O)=O. The molecule has 0 saturated heterocycles. The number of carbonyl (C=O) groups is 1. The standard InChI is InChI=1S/C10H18N2O3S/c1-9(2,6-11)8(13)12-7-10(3,4)16(5,14)15/h7H2,1-5H3,(H,12,13). The lowest BCUT2D eigenvalue weighted by Crippen LogP contribution is -2.47. The van der Waals surface area contributed by atoms with Gasteiger partial charge in [-0.1, -0.05) is 0 Å². The van der Waals surface area contributed by atoms with Crippen LogP contribution in [0, 0.1) is 16.7 Å². The summed E-state index contributed by atoms with van der Waals surface area (Å²) in [5, 5.41) is 11.2. The molecule has 0 aliphatic rings. The normalized spacial score (nSPS) is 13.0. The van der Waals surface area contributed by atoms with Crippen LogP contribution in [0.15, 0.2) is 0 Å². The maximum atomic E-state index is 11.5. The summed E-state index contributed by atoms with van der Waals surface area (Å²) in [6.45, 7) is 6.02. The van der Waals surface area contributed by atoms with Gasteiger partial charge in [0.1, 0.15) is 5.41 Å². The molecule has 0 aliphatic heterocycles. The molecule has 1 N–H and O–H groups in total. The van der Waals surface area contributed by atoms with Gasteiger partial charge in [0.15, 0.2) is 9.84 Å². The van der Waals surface area contributed by atoms with Crippen LogP contribution < -0.4 is 5.32 Å². The van der Waals surface area contributed by atoms with E-state index in [9.17, 15) is 13.2 Å². The third-order valence-electron chi connectivity index (χ3n) is 2.53. The van der Waals surface area contributed by atoms with Gasteiger partial charge in [-0.15, -0.1) is 0 Å². The van der Waals surface area contributed by atoms with Crippen molar-refractivity contribution in [1.29, 1.82) is 5.26 Å². The zero-order chi connectivity index (χ0) is 13.2. The smallest absolute Gasteiger partial charge is 0.239 e. The number of hydrogen-bond donors (Lipinski definition) is 1. The van der Waals surface area contributed by atoms with Crippen molar-refractivity contribution in [3.63, 3.8) is 0 Å². The highest BCUT2D eigenvalue weighted by Gasteiger charge is 2.33. The van der Waals surface area contributed by atoms with Gasteiger partial charge in [0.2, 0.25) is 5.91 Å². The Bertz CT molecular complexity index is 416. The first kappa shape index (κ1) is 14.9. The monoisotopic (exact) mass is 246 g/mol. The Balaban J connectivity index is 4.63. The van der Waals surface area contributed by atoms with E-state index in [1.807, 2.05) is 6.07 Å². The first-order valence-corrected chi connectivity index (χ1v) is 6.72. The molecule has 0 aromatic heterocycles. The maximum Gasteiger partial charge on any atom is 0.239 e. The average molecular weight is 246 g/mol. The highest BCUT2D eigenvalue weighted by molar-refractivity contribution is 7.92. The fourth-order valence-electron chi connectivity index (χ4n) is 0.696. The van der Waals surface area contributed by atoms with Gasteiger partial charge in [-0.2, -0.15) is 5.26 Å². The number of nitrogens with zero attached hydrogens (tertiary/aromatic N) is 1. The van der Waals surface area contributed by atoms with Crippen LogP contribution in [0.3, 0.4) is 0 Å². The molecule has 5 nitrogen and oxygen atoms in total. The molecule has 0 spiro atoms. The number of amides is 1. The predicted molar refractivity (Wildman–Crippen MR) is 61.3 cm³/mol. The Morgan fingerprint density at radius 1 is 1.31 bits per heavy atom. The van der Waals surface area contributed by atoms with Crippen molar-refractivity contribution in [3.05, 3.63) is 0 Å². The van der Waals surface area contributed by atoms with Crippen LogP contribution >= 0.6 is 0 Å². The van der Waals surface area contributed by atoms with E-state index in [1.165, 1.54) is 27.7 Å². The molecule has 0 atom stereocenters. The Morgan fingerprint density at radius 3 is 2.06 bits per heavy atom. The van der Waals surface area contributed by atoms with Gasteiger partial charge in [-0.05, 0) is 27.7 Å². The molecule has 0 saturated carbocycles. The van der Waals surface area contributed by atoms with Crippen molar-refractivity contribution in [2.24, 2.45) is 5.41 Å². The van der Waals surface area contributed by atoms with Gasteiger partial charge < -0.3 is 5.32 Å². The Labute approximate surface area is 96.8 Å². The van der Waals surface area contributed by atoms with E-state index in [0.29, 0.717) is 0 Å². The third kappa shape index (κ3) is 3.49. The first-order valence-electron chi connectivity index (χ1n) is 4.83. The minimum atomic E-state index is -3.25. The second kappa shape index (κ2) is 4.42. The van der Waals surface area contributed by atoms with Gasteiger partial charge in [0.25, 0.3) is 0 Å². The van der Waals surface area contributed by atoms with Crippen LogP contribution in [-0.2, 0) is 14.6 Å². The molecule has 0 aromatic rings. The lowest BCUT2D eigenvalue weighted by atomic mass is 9.94. The highest BCUT2D eigenvalue weighted by atomic mass is 32.2. The van der Waals surface area contributed by atoms with Crippen molar-refractivity contribution in [2.45, 2.75) is 32.4 Å². The van der Waals surface area contributed by atoms with E-state index in [1.54, 1.807) is 0 Å². The van der Waals surface area contributed by atoms with Gasteiger partial charge >= 0.3 is 0 Å². The van der Waals surface area contributed by atoms with Crippen LogP contribution in [0.1, 0.15) is 27.7 Å². The molecule has 92 valence electrons. The molecule has 0 aromatic carbocycles. The number of sulfone groups is 1. The number of hydrogen-bond acceptors (Lipinski definition) is 4. The predicted octanol–water partition coefficient (Wildman–Crippen LogP) is 0.476. The third-order valence-corrected chi connectivity index (χ3v) is 4.68. The van der Waals surface area contributed by atoms with Crippen LogP contribution in [0.5, 0.6) is 0 Å². The molecule has 6 heteroatoms. The highest BCUT2D eigenvalue weighted by Crippen LogP contribution is 2.16. The summed E-state index contributed by atoms with van der Waals surface area (Å²) in [4.78, 5) is 11.5. The molecule has 16 heavy (non-hydrogen) atoms. The van der Waals surface area contributed by atoms with Gasteiger partial charge in [0.05, 0.1) is 10.8 Å². The number of rotatable bonds is 4. The van der Waals surface area contributed by atoms with Gasteiger partial charge in [0, 0.05) is 12.8 Å². The lowest BCUT2D eigenvalue weighted by molar-refractivity contribution is -0.126. The quantitative estimate of drug-likeness (QED) is 0.781. The Kier molecular flexibility index (Phi) is 4.12. The molecular weight excluding hydrogens is 228 g/mol. The summed E-state index contributed by atoms with van der Waals surface area (Å²) in [6, 6.07) is 1.85. The molecule has 0 rings (SSSR count). The van der Waals surface area contributed by atoms with Crippen LogP contribution in [0.25, 0.3) is 0 Å². The second-order valence-electron chi connectivity index (χ2n) is 4.95. The fourth-order valence-corrected chi connectivity index (χ4v) is 1.03. The maximum absolute atomic E-state index is 11.5. The molecule has 0 heterocycles. The van der Waals surface area contributed by atoms with E-state index in [0.717, 1.165) is 6.26 Å². The van der Waals surface area contributed by atoms with Crippen LogP contribution in [-0.4, -0.2) is 31.9 Å². The van der Waals surface area contributed by atoms with E-state index in [4.69, 9.17) is 5.26 Å². The van der Waals surface area contributed by atoms with Gasteiger partial charge in [-0.3, -0.25) is 4.79 Å². The van der Waals surface area contributed by atoms with E-state index in [-0.39, 0.29) is 6.54 Å². The van der Waals surface area contributed by atoms with Crippen LogP contribution in [0.4, 0.5) is 0 Å². The minimum Gasteiger partial charge on any atom is -0.353 e. The largest absolute Gasteiger partial charge is 0.353 e. The number of nitrogens with one attached hydrogen (secondary N) is 1. The fraction of sp³-hybridized carbons (Fsp3) is 0.800. The Morgan fingerprint density at radius 2 is 1.75 bits per heavy atom. The van der Waals surface area contributed by atoms with Crippen molar-refractivity contribution >= 4 is 15.7 Å². The summed E-state index contributed by atoms with van der Waals surface area (Å²) in [6.07, 6.45) is 1.12. The van der Waals surface area contributed by atoms with Crippen molar-refractivity contribution in [1.82, 2.24) is 5.32 Å². The van der Waals surface area contributed by atoms with E-state index < -0.39 is 25.9 Å². The molecule has 0 radical (unpaired) electrons. The summed E-state index contributed by atoms with van der Waals surface area (Å²) < 4.78 is 21.7.